The van der Waals surface area contributed by atoms with Gasteiger partial charge in [0.15, 0.2) is 0 Å². The number of carbonyl (C=O) groups is 1. The third kappa shape index (κ3) is 6.21. The molecule has 0 unspecified atom stereocenters. The minimum absolute atomic E-state index is 0.0378. The summed E-state index contributed by atoms with van der Waals surface area (Å²) in [6.45, 7) is -0.0693. The molecule has 2 aromatic carbocycles. The van der Waals surface area contributed by atoms with Crippen LogP contribution in [0.3, 0.4) is 0 Å². The quantitative estimate of drug-likeness (QED) is 0.459. The molecule has 3 aromatic rings. The van der Waals surface area contributed by atoms with Gasteiger partial charge in [-0.25, -0.2) is 9.18 Å². The molecule has 4 nitrogen and oxygen atoms in total. The number of nitrogens with one attached hydrogen (secondary N) is 2. The zero-order chi connectivity index (χ0) is 24.2. The summed E-state index contributed by atoms with van der Waals surface area (Å²) in [5.41, 5.74) is -2.24. The van der Waals surface area contributed by atoms with Crippen LogP contribution in [0.25, 0.3) is 0 Å². The average Bonchev–Trinajstić information content (AvgIpc) is 2.76. The number of nitrogens with zero attached hydrogens (tertiary/aromatic N) is 1. The molecular formula is C22H16F7N3O. The van der Waals surface area contributed by atoms with Crippen LogP contribution < -0.4 is 10.6 Å². The predicted octanol–water partition coefficient (Wildman–Crippen LogP) is 5.85. The van der Waals surface area contributed by atoms with Gasteiger partial charge in [0.2, 0.25) is 0 Å². The molecule has 33 heavy (non-hydrogen) atoms. The van der Waals surface area contributed by atoms with E-state index in [1.807, 2.05) is 0 Å². The maximum absolute atomic E-state index is 13.5. The van der Waals surface area contributed by atoms with E-state index in [1.165, 1.54) is 24.3 Å². The van der Waals surface area contributed by atoms with Crippen molar-refractivity contribution in [3.63, 3.8) is 0 Å². The van der Waals surface area contributed by atoms with Gasteiger partial charge in [-0.3, -0.25) is 4.98 Å². The Bertz CT molecular complexity index is 1090. The van der Waals surface area contributed by atoms with Gasteiger partial charge >= 0.3 is 18.4 Å². The van der Waals surface area contributed by atoms with Gasteiger partial charge < -0.3 is 10.6 Å². The topological polar surface area (TPSA) is 54.0 Å². The number of aromatic nitrogens is 1. The second kappa shape index (κ2) is 9.47. The number of urea groups is 1. The molecule has 0 aliphatic carbocycles. The molecule has 0 fully saturated rings. The maximum atomic E-state index is 13.5. The third-order valence-electron chi connectivity index (χ3n) is 4.63. The van der Waals surface area contributed by atoms with E-state index in [-0.39, 0.29) is 12.1 Å². The van der Waals surface area contributed by atoms with Crippen molar-refractivity contribution in [3.8, 4) is 0 Å². The number of alkyl halides is 6. The standard InChI is InChI=1S/C22H16F7N3O/c23-16-9-3-13(4-10-16)12-31-20(33)32-18(14-5-7-15(8-6-14)21(24,25)26)19-17(22(27,28)29)2-1-11-30-19/h1-11,18H,12H2,(H2,31,32,33)/t18-/m0/s1. The molecule has 3 rings (SSSR count). The largest absolute Gasteiger partial charge is 0.418 e. The Balaban J connectivity index is 1.91. The van der Waals surface area contributed by atoms with E-state index in [0.717, 1.165) is 30.5 Å². The highest BCUT2D eigenvalue weighted by atomic mass is 19.4. The van der Waals surface area contributed by atoms with Crippen LogP contribution in [-0.4, -0.2) is 11.0 Å². The van der Waals surface area contributed by atoms with Crippen LogP contribution in [0.2, 0.25) is 0 Å². The molecule has 0 saturated carbocycles. The van der Waals surface area contributed by atoms with Gasteiger partial charge in [-0.05, 0) is 47.5 Å². The Hall–Kier alpha value is -3.63. The van der Waals surface area contributed by atoms with Crippen LogP contribution in [-0.2, 0) is 18.9 Å². The molecular weight excluding hydrogens is 455 g/mol. The number of benzene rings is 2. The Morgan fingerprint density at radius 3 is 2.09 bits per heavy atom. The summed E-state index contributed by atoms with van der Waals surface area (Å²) in [6, 6.07) is 7.93. The van der Waals surface area contributed by atoms with Crippen LogP contribution in [0.5, 0.6) is 0 Å². The molecule has 1 heterocycles. The molecule has 1 aromatic heterocycles. The summed E-state index contributed by atoms with van der Waals surface area (Å²) in [6.07, 6.45) is -8.38. The average molecular weight is 471 g/mol. The van der Waals surface area contributed by atoms with E-state index in [4.69, 9.17) is 0 Å². The van der Waals surface area contributed by atoms with Gasteiger partial charge in [0, 0.05) is 12.7 Å². The number of hydrogen-bond acceptors (Lipinski definition) is 2. The highest BCUT2D eigenvalue weighted by molar-refractivity contribution is 5.75. The monoisotopic (exact) mass is 471 g/mol. The van der Waals surface area contributed by atoms with Crippen LogP contribution >= 0.6 is 0 Å². The first kappa shape index (κ1) is 24.0. The fourth-order valence-electron chi connectivity index (χ4n) is 3.03. The second-order valence-electron chi connectivity index (χ2n) is 6.94. The van der Waals surface area contributed by atoms with E-state index in [0.29, 0.717) is 17.7 Å². The summed E-state index contributed by atoms with van der Waals surface area (Å²) in [4.78, 5) is 16.2. The first-order valence-corrected chi connectivity index (χ1v) is 9.43. The predicted molar refractivity (Wildman–Crippen MR) is 104 cm³/mol. The van der Waals surface area contributed by atoms with Crippen LogP contribution in [0.4, 0.5) is 35.5 Å². The van der Waals surface area contributed by atoms with Crippen LogP contribution in [0, 0.1) is 5.82 Å². The van der Waals surface area contributed by atoms with E-state index >= 15 is 0 Å². The van der Waals surface area contributed by atoms with Crippen LogP contribution in [0.15, 0.2) is 66.9 Å². The molecule has 2 amide bonds. The number of carbonyl (C=O) groups excluding carboxylic acids is 1. The third-order valence-corrected chi connectivity index (χ3v) is 4.63. The van der Waals surface area contributed by atoms with Crippen molar-refractivity contribution in [2.45, 2.75) is 24.9 Å². The fourth-order valence-corrected chi connectivity index (χ4v) is 3.03. The summed E-state index contributed by atoms with van der Waals surface area (Å²) in [5.74, 6) is -0.486. The lowest BCUT2D eigenvalue weighted by molar-refractivity contribution is -0.139. The normalized spacial score (nSPS) is 12.8. The molecule has 0 spiro atoms. The van der Waals surface area contributed by atoms with Gasteiger partial charge in [-0.2, -0.15) is 26.3 Å². The Kier molecular flexibility index (Phi) is 6.89. The zero-order valence-corrected chi connectivity index (χ0v) is 16.6. The maximum Gasteiger partial charge on any atom is 0.418 e. The Morgan fingerprint density at radius 1 is 0.879 bits per heavy atom. The molecule has 0 saturated heterocycles. The van der Waals surface area contributed by atoms with Gasteiger partial charge in [0.1, 0.15) is 5.82 Å². The lowest BCUT2D eigenvalue weighted by Gasteiger charge is -2.23. The zero-order valence-electron chi connectivity index (χ0n) is 16.6. The van der Waals surface area contributed by atoms with Crippen molar-refractivity contribution in [1.82, 2.24) is 15.6 Å². The number of amides is 2. The Morgan fingerprint density at radius 2 is 1.52 bits per heavy atom. The fraction of sp³-hybridized carbons (Fsp3) is 0.182. The summed E-state index contributed by atoms with van der Waals surface area (Å²) in [7, 11) is 0. The number of pyridine rings is 1. The van der Waals surface area contributed by atoms with Crippen molar-refractivity contribution in [2.24, 2.45) is 0 Å². The lowest BCUT2D eigenvalue weighted by atomic mass is 9.98. The SMILES string of the molecule is O=C(NCc1ccc(F)cc1)N[C@@H](c1ccc(C(F)(F)F)cc1)c1ncccc1C(F)(F)F. The van der Waals surface area contributed by atoms with Crippen LogP contribution in [0.1, 0.15) is 34.0 Å². The highest BCUT2D eigenvalue weighted by Crippen LogP contribution is 2.36. The smallest absolute Gasteiger partial charge is 0.334 e. The molecule has 11 heteroatoms. The second-order valence-corrected chi connectivity index (χ2v) is 6.94. The molecule has 0 radical (unpaired) electrons. The molecule has 1 atom stereocenters. The van der Waals surface area contributed by atoms with Gasteiger partial charge in [-0.1, -0.05) is 24.3 Å². The number of rotatable bonds is 5. The molecule has 0 aliphatic rings. The molecule has 0 bridgehead atoms. The van der Waals surface area contributed by atoms with E-state index < -0.39 is 47.1 Å². The van der Waals surface area contributed by atoms with Crippen molar-refractivity contribution < 1.29 is 35.5 Å². The molecule has 174 valence electrons. The van der Waals surface area contributed by atoms with E-state index in [9.17, 15) is 35.5 Å². The van der Waals surface area contributed by atoms with Crippen molar-refractivity contribution in [1.29, 1.82) is 0 Å². The lowest BCUT2D eigenvalue weighted by Crippen LogP contribution is -2.39. The minimum Gasteiger partial charge on any atom is -0.334 e. The molecule has 2 N–H and O–H groups in total. The van der Waals surface area contributed by atoms with E-state index in [1.54, 1.807) is 0 Å². The van der Waals surface area contributed by atoms with Gasteiger partial charge in [-0.15, -0.1) is 0 Å². The van der Waals surface area contributed by atoms with Crippen molar-refractivity contribution >= 4 is 6.03 Å². The first-order valence-electron chi connectivity index (χ1n) is 9.43. The summed E-state index contributed by atoms with van der Waals surface area (Å²) >= 11 is 0. The highest BCUT2D eigenvalue weighted by Gasteiger charge is 2.37. The number of halogens is 7. The summed E-state index contributed by atoms with van der Waals surface area (Å²) < 4.78 is 92.3. The van der Waals surface area contributed by atoms with Crippen molar-refractivity contribution in [2.75, 3.05) is 0 Å². The van der Waals surface area contributed by atoms with Gasteiger partial charge in [0.05, 0.1) is 22.9 Å². The van der Waals surface area contributed by atoms with Crippen molar-refractivity contribution in [3.05, 3.63) is 101 Å². The summed E-state index contributed by atoms with van der Waals surface area (Å²) in [5, 5.41) is 4.75. The van der Waals surface area contributed by atoms with E-state index in [2.05, 4.69) is 15.6 Å². The first-order chi connectivity index (χ1) is 15.4. The number of hydrogen-bond donors (Lipinski definition) is 2. The minimum atomic E-state index is -4.82. The van der Waals surface area contributed by atoms with Gasteiger partial charge in [0.25, 0.3) is 0 Å². The Labute approximate surface area is 183 Å². The molecule has 0 aliphatic heterocycles.